The molecule has 0 spiro atoms. The Morgan fingerprint density at radius 1 is 1.30 bits per heavy atom. The standard InChI is InChI=1S/C15H24N2O2S/c1-15(2)9-8-13(10-15)17-20(18,19)14-7-5-4-6-12(14)11-16-3/h4-7,13,16-17H,8-11H2,1-3H3. The van der Waals surface area contributed by atoms with Gasteiger partial charge in [0.25, 0.3) is 0 Å². The molecular weight excluding hydrogens is 272 g/mol. The van der Waals surface area contributed by atoms with Crippen LogP contribution in [-0.2, 0) is 16.6 Å². The van der Waals surface area contributed by atoms with Gasteiger partial charge in [0.1, 0.15) is 0 Å². The number of rotatable bonds is 5. The Morgan fingerprint density at radius 3 is 2.60 bits per heavy atom. The van der Waals surface area contributed by atoms with E-state index in [4.69, 9.17) is 0 Å². The zero-order valence-corrected chi connectivity index (χ0v) is 13.3. The van der Waals surface area contributed by atoms with Gasteiger partial charge in [-0.25, -0.2) is 13.1 Å². The summed E-state index contributed by atoms with van der Waals surface area (Å²) in [5.74, 6) is 0. The molecule has 5 heteroatoms. The van der Waals surface area contributed by atoms with Crippen molar-refractivity contribution in [3.8, 4) is 0 Å². The van der Waals surface area contributed by atoms with Gasteiger partial charge in [-0.3, -0.25) is 0 Å². The summed E-state index contributed by atoms with van der Waals surface area (Å²) >= 11 is 0. The second kappa shape index (κ2) is 5.84. The first kappa shape index (κ1) is 15.5. The normalized spacial score (nSPS) is 22.1. The number of hydrogen-bond donors (Lipinski definition) is 2. The van der Waals surface area contributed by atoms with E-state index in [1.807, 2.05) is 19.2 Å². The Morgan fingerprint density at radius 2 is 2.00 bits per heavy atom. The quantitative estimate of drug-likeness (QED) is 0.876. The minimum absolute atomic E-state index is 0.0534. The molecule has 0 radical (unpaired) electrons. The van der Waals surface area contributed by atoms with Crippen molar-refractivity contribution in [1.29, 1.82) is 0 Å². The molecule has 0 bridgehead atoms. The highest BCUT2D eigenvalue weighted by molar-refractivity contribution is 7.89. The summed E-state index contributed by atoms with van der Waals surface area (Å²) in [6, 6.07) is 7.22. The summed E-state index contributed by atoms with van der Waals surface area (Å²) in [5.41, 5.74) is 1.04. The van der Waals surface area contributed by atoms with E-state index in [9.17, 15) is 8.42 Å². The summed E-state index contributed by atoms with van der Waals surface area (Å²) in [6.07, 6.45) is 2.89. The van der Waals surface area contributed by atoms with Crippen molar-refractivity contribution in [2.24, 2.45) is 5.41 Å². The van der Waals surface area contributed by atoms with Crippen LogP contribution < -0.4 is 10.0 Å². The van der Waals surface area contributed by atoms with Crippen LogP contribution >= 0.6 is 0 Å². The zero-order valence-electron chi connectivity index (χ0n) is 12.4. The van der Waals surface area contributed by atoms with Crippen LogP contribution in [0.3, 0.4) is 0 Å². The third-order valence-corrected chi connectivity index (χ3v) is 5.54. The molecule has 4 nitrogen and oxygen atoms in total. The second-order valence-electron chi connectivity index (χ2n) is 6.36. The molecule has 1 aliphatic carbocycles. The SMILES string of the molecule is CNCc1ccccc1S(=O)(=O)NC1CCC(C)(C)C1. The van der Waals surface area contributed by atoms with E-state index in [0.717, 1.165) is 24.8 Å². The summed E-state index contributed by atoms with van der Waals surface area (Å²) in [6.45, 7) is 4.93. The predicted molar refractivity (Wildman–Crippen MR) is 80.9 cm³/mol. The van der Waals surface area contributed by atoms with Crippen molar-refractivity contribution < 1.29 is 8.42 Å². The van der Waals surface area contributed by atoms with Gasteiger partial charge in [-0.15, -0.1) is 0 Å². The largest absolute Gasteiger partial charge is 0.316 e. The predicted octanol–water partition coefficient (Wildman–Crippen LogP) is 2.26. The molecule has 1 aromatic rings. The molecule has 112 valence electrons. The van der Waals surface area contributed by atoms with Crippen LogP contribution in [0.5, 0.6) is 0 Å². The molecule has 1 aliphatic rings. The molecule has 2 N–H and O–H groups in total. The number of benzene rings is 1. The minimum Gasteiger partial charge on any atom is -0.316 e. The van der Waals surface area contributed by atoms with Crippen LogP contribution in [0.15, 0.2) is 29.2 Å². The van der Waals surface area contributed by atoms with Crippen LogP contribution in [0.1, 0.15) is 38.7 Å². The Balaban J connectivity index is 2.19. The summed E-state index contributed by atoms with van der Waals surface area (Å²) in [4.78, 5) is 0.388. The lowest BCUT2D eigenvalue weighted by atomic mass is 9.92. The van der Waals surface area contributed by atoms with Crippen molar-refractivity contribution in [1.82, 2.24) is 10.0 Å². The average Bonchev–Trinajstić information content (AvgIpc) is 2.69. The third-order valence-electron chi connectivity index (χ3n) is 3.92. The Bertz CT molecular complexity index is 567. The maximum absolute atomic E-state index is 12.6. The van der Waals surface area contributed by atoms with Gasteiger partial charge in [0.15, 0.2) is 0 Å². The monoisotopic (exact) mass is 296 g/mol. The molecule has 1 atom stereocenters. The number of sulfonamides is 1. The Kier molecular flexibility index (Phi) is 4.52. The fourth-order valence-corrected chi connectivity index (χ4v) is 4.43. The van der Waals surface area contributed by atoms with Gasteiger partial charge < -0.3 is 5.32 Å². The van der Waals surface area contributed by atoms with E-state index in [2.05, 4.69) is 23.9 Å². The highest BCUT2D eigenvalue weighted by atomic mass is 32.2. The minimum atomic E-state index is -3.44. The first-order valence-electron chi connectivity index (χ1n) is 7.09. The first-order valence-corrected chi connectivity index (χ1v) is 8.57. The van der Waals surface area contributed by atoms with Crippen LogP contribution in [0.25, 0.3) is 0 Å². The van der Waals surface area contributed by atoms with E-state index in [-0.39, 0.29) is 11.5 Å². The van der Waals surface area contributed by atoms with Crippen molar-refractivity contribution in [2.75, 3.05) is 7.05 Å². The van der Waals surface area contributed by atoms with E-state index in [0.29, 0.717) is 11.4 Å². The highest BCUT2D eigenvalue weighted by Crippen LogP contribution is 2.37. The smallest absolute Gasteiger partial charge is 0.241 e. The molecule has 0 amide bonds. The van der Waals surface area contributed by atoms with Crippen molar-refractivity contribution in [3.63, 3.8) is 0 Å². The van der Waals surface area contributed by atoms with Gasteiger partial charge in [-0.1, -0.05) is 32.0 Å². The molecule has 1 aromatic carbocycles. The van der Waals surface area contributed by atoms with E-state index in [1.54, 1.807) is 12.1 Å². The van der Waals surface area contributed by atoms with Crippen molar-refractivity contribution in [2.45, 2.75) is 50.6 Å². The Hall–Kier alpha value is -0.910. The molecular formula is C15H24N2O2S. The molecule has 0 saturated heterocycles. The molecule has 1 fully saturated rings. The van der Waals surface area contributed by atoms with Crippen molar-refractivity contribution in [3.05, 3.63) is 29.8 Å². The van der Waals surface area contributed by atoms with Crippen LogP contribution in [-0.4, -0.2) is 21.5 Å². The number of hydrogen-bond acceptors (Lipinski definition) is 3. The summed E-state index contributed by atoms with van der Waals surface area (Å²) in [7, 11) is -1.62. The fraction of sp³-hybridized carbons (Fsp3) is 0.600. The highest BCUT2D eigenvalue weighted by Gasteiger charge is 2.33. The van der Waals surface area contributed by atoms with E-state index < -0.39 is 10.0 Å². The molecule has 0 aliphatic heterocycles. The average molecular weight is 296 g/mol. The Labute approximate surface area is 122 Å². The van der Waals surface area contributed by atoms with Gasteiger partial charge in [-0.2, -0.15) is 0 Å². The van der Waals surface area contributed by atoms with Crippen LogP contribution in [0.4, 0.5) is 0 Å². The van der Waals surface area contributed by atoms with Gasteiger partial charge in [0, 0.05) is 12.6 Å². The lowest BCUT2D eigenvalue weighted by Gasteiger charge is -2.18. The van der Waals surface area contributed by atoms with Gasteiger partial charge >= 0.3 is 0 Å². The summed E-state index contributed by atoms with van der Waals surface area (Å²) < 4.78 is 28.0. The lowest BCUT2D eigenvalue weighted by Crippen LogP contribution is -2.34. The molecule has 0 aromatic heterocycles. The third kappa shape index (κ3) is 3.59. The van der Waals surface area contributed by atoms with Crippen LogP contribution in [0, 0.1) is 5.41 Å². The van der Waals surface area contributed by atoms with Crippen LogP contribution in [0.2, 0.25) is 0 Å². The second-order valence-corrected chi connectivity index (χ2v) is 8.05. The van der Waals surface area contributed by atoms with Gasteiger partial charge in [-0.05, 0) is 43.4 Å². The van der Waals surface area contributed by atoms with Gasteiger partial charge in [0.05, 0.1) is 4.90 Å². The first-order chi connectivity index (χ1) is 9.34. The van der Waals surface area contributed by atoms with E-state index >= 15 is 0 Å². The molecule has 1 saturated carbocycles. The molecule has 1 unspecified atom stereocenters. The molecule has 0 heterocycles. The number of nitrogens with one attached hydrogen (secondary N) is 2. The maximum atomic E-state index is 12.6. The topological polar surface area (TPSA) is 58.2 Å². The molecule has 2 rings (SSSR count). The maximum Gasteiger partial charge on any atom is 0.241 e. The lowest BCUT2D eigenvalue weighted by molar-refractivity contribution is 0.372. The fourth-order valence-electron chi connectivity index (χ4n) is 2.92. The summed E-state index contributed by atoms with van der Waals surface area (Å²) in [5, 5.41) is 3.01. The molecule has 20 heavy (non-hydrogen) atoms. The van der Waals surface area contributed by atoms with E-state index in [1.165, 1.54) is 0 Å². The van der Waals surface area contributed by atoms with Crippen molar-refractivity contribution >= 4 is 10.0 Å². The zero-order chi connectivity index (χ0) is 14.8. The van der Waals surface area contributed by atoms with Gasteiger partial charge in [0.2, 0.25) is 10.0 Å².